The molecule has 0 saturated heterocycles. The number of nitrogens with zero attached hydrogens (tertiary/aromatic N) is 3. The maximum Gasteiger partial charge on any atom is 0.301 e. The molecule has 0 aliphatic carbocycles. The second-order valence-corrected chi connectivity index (χ2v) is 5.75. The van der Waals surface area contributed by atoms with Crippen LogP contribution in [0.5, 0.6) is 0 Å². The van der Waals surface area contributed by atoms with Crippen molar-refractivity contribution in [2.45, 2.75) is 19.9 Å². The first-order valence-electron chi connectivity index (χ1n) is 5.90. The van der Waals surface area contributed by atoms with Crippen molar-refractivity contribution < 1.29 is 8.42 Å². The Bertz CT molecular complexity index is 457. The molecule has 1 heterocycles. The lowest BCUT2D eigenvalue weighted by Crippen LogP contribution is -2.34. The van der Waals surface area contributed by atoms with E-state index in [1.165, 1.54) is 10.5 Å². The Morgan fingerprint density at radius 2 is 2.22 bits per heavy atom. The summed E-state index contributed by atoms with van der Waals surface area (Å²) in [6.45, 7) is 3.90. The summed E-state index contributed by atoms with van der Waals surface area (Å²) < 4.78 is 29.4. The fraction of sp³-hybridized carbons (Fsp3) is 0.700. The maximum atomic E-state index is 11.9. The topological polar surface area (TPSA) is 79.3 Å². The van der Waals surface area contributed by atoms with Crippen molar-refractivity contribution in [3.05, 3.63) is 12.4 Å². The van der Waals surface area contributed by atoms with Crippen molar-refractivity contribution in [3.63, 3.8) is 0 Å². The number of hydrogen-bond acceptors (Lipinski definition) is 4. The largest absolute Gasteiger partial charge is 0.320 e. The van der Waals surface area contributed by atoms with E-state index in [9.17, 15) is 8.42 Å². The van der Waals surface area contributed by atoms with Crippen molar-refractivity contribution in [1.29, 1.82) is 0 Å². The molecule has 0 saturated carbocycles. The van der Waals surface area contributed by atoms with Crippen molar-refractivity contribution >= 4 is 15.9 Å². The van der Waals surface area contributed by atoms with Crippen molar-refractivity contribution in [2.75, 3.05) is 31.9 Å². The molecule has 0 radical (unpaired) electrons. The molecule has 0 aliphatic rings. The van der Waals surface area contributed by atoms with Gasteiger partial charge in [-0.2, -0.15) is 17.8 Å². The molecule has 1 aromatic rings. The number of hydrogen-bond donors (Lipinski definition) is 2. The summed E-state index contributed by atoms with van der Waals surface area (Å²) >= 11 is 0. The van der Waals surface area contributed by atoms with Crippen molar-refractivity contribution in [1.82, 2.24) is 19.4 Å². The Hall–Kier alpha value is -1.12. The zero-order valence-electron chi connectivity index (χ0n) is 11.0. The third-order valence-corrected chi connectivity index (χ3v) is 4.01. The number of aromatic nitrogens is 2. The minimum absolute atomic E-state index is 0.470. The fourth-order valence-electron chi connectivity index (χ4n) is 1.41. The predicted molar refractivity (Wildman–Crippen MR) is 71.6 cm³/mol. The normalized spacial score (nSPS) is 12.0. The van der Waals surface area contributed by atoms with Gasteiger partial charge in [0.05, 0.1) is 11.9 Å². The lowest BCUT2D eigenvalue weighted by atomic mass is 10.4. The molecule has 0 aliphatic heterocycles. The Morgan fingerprint density at radius 1 is 1.50 bits per heavy atom. The van der Waals surface area contributed by atoms with E-state index in [4.69, 9.17) is 0 Å². The summed E-state index contributed by atoms with van der Waals surface area (Å²) in [5, 5.41) is 6.99. The van der Waals surface area contributed by atoms with Crippen LogP contribution in [0, 0.1) is 0 Å². The van der Waals surface area contributed by atoms with E-state index >= 15 is 0 Å². The molecule has 18 heavy (non-hydrogen) atoms. The highest BCUT2D eigenvalue weighted by Gasteiger charge is 2.17. The van der Waals surface area contributed by atoms with Gasteiger partial charge in [0.25, 0.3) is 0 Å². The van der Waals surface area contributed by atoms with Crippen LogP contribution in [0.15, 0.2) is 12.4 Å². The van der Waals surface area contributed by atoms with E-state index < -0.39 is 10.2 Å². The smallest absolute Gasteiger partial charge is 0.301 e. The highest BCUT2D eigenvalue weighted by Crippen LogP contribution is 2.09. The summed E-state index contributed by atoms with van der Waals surface area (Å²) in [5.41, 5.74) is 0.484. The molecule has 0 atom stereocenters. The summed E-state index contributed by atoms with van der Waals surface area (Å²) in [5.74, 6) is 0. The van der Waals surface area contributed by atoms with Crippen LogP contribution in [-0.4, -0.2) is 49.7 Å². The summed E-state index contributed by atoms with van der Waals surface area (Å²) in [7, 11) is -0.0895. The summed E-state index contributed by atoms with van der Waals surface area (Å²) in [6.07, 6.45) is 3.93. The van der Waals surface area contributed by atoms with Gasteiger partial charge in [0, 0.05) is 26.3 Å². The molecule has 1 rings (SSSR count). The molecule has 0 spiro atoms. The summed E-state index contributed by atoms with van der Waals surface area (Å²) in [6, 6.07) is 0. The van der Waals surface area contributed by atoms with Crippen molar-refractivity contribution in [3.8, 4) is 0 Å². The molecule has 8 heteroatoms. The molecular formula is C10H21N5O2S. The molecule has 0 aromatic carbocycles. The van der Waals surface area contributed by atoms with Crippen LogP contribution in [0.2, 0.25) is 0 Å². The zero-order chi connectivity index (χ0) is 13.6. The van der Waals surface area contributed by atoms with Crippen molar-refractivity contribution in [2.24, 2.45) is 0 Å². The average molecular weight is 275 g/mol. The molecule has 0 unspecified atom stereocenters. The van der Waals surface area contributed by atoms with E-state index in [1.807, 2.05) is 14.0 Å². The second-order valence-electron chi connectivity index (χ2n) is 3.97. The third kappa shape index (κ3) is 4.28. The number of rotatable bonds is 8. The average Bonchev–Trinajstić information content (AvgIpc) is 2.76. The van der Waals surface area contributed by atoms with Crippen LogP contribution < -0.4 is 10.0 Å². The van der Waals surface area contributed by atoms with Gasteiger partial charge in [0.1, 0.15) is 0 Å². The Labute approximate surface area is 108 Å². The third-order valence-electron chi connectivity index (χ3n) is 2.51. The quantitative estimate of drug-likeness (QED) is 0.660. The van der Waals surface area contributed by atoms with Gasteiger partial charge in [-0.15, -0.1) is 0 Å². The van der Waals surface area contributed by atoms with E-state index in [0.717, 1.165) is 13.0 Å². The van der Waals surface area contributed by atoms with Crippen LogP contribution in [-0.2, 0) is 16.8 Å². The van der Waals surface area contributed by atoms with Gasteiger partial charge in [0.2, 0.25) is 0 Å². The standard InChI is InChI=1S/C10H21N5O2S/c1-4-15-9-10(8-12-15)13-18(16,17)14(3)7-5-6-11-2/h8-9,11,13H,4-7H2,1-3H3. The van der Waals surface area contributed by atoms with Crippen LogP contribution in [0.4, 0.5) is 5.69 Å². The lowest BCUT2D eigenvalue weighted by Gasteiger charge is -2.17. The van der Waals surface area contributed by atoms with E-state index in [0.29, 0.717) is 18.8 Å². The molecule has 1 aromatic heterocycles. The van der Waals surface area contributed by atoms with Gasteiger partial charge in [-0.1, -0.05) is 0 Å². The van der Waals surface area contributed by atoms with Gasteiger partial charge >= 0.3 is 10.2 Å². The van der Waals surface area contributed by atoms with E-state index in [1.54, 1.807) is 17.9 Å². The molecule has 104 valence electrons. The molecule has 7 nitrogen and oxygen atoms in total. The monoisotopic (exact) mass is 275 g/mol. The SMILES string of the molecule is CCn1cc(NS(=O)(=O)N(C)CCCNC)cn1. The van der Waals surface area contributed by atoms with Gasteiger partial charge < -0.3 is 5.32 Å². The highest BCUT2D eigenvalue weighted by atomic mass is 32.2. The molecule has 0 fully saturated rings. The Morgan fingerprint density at radius 3 is 2.78 bits per heavy atom. The fourth-order valence-corrected chi connectivity index (χ4v) is 2.34. The van der Waals surface area contributed by atoms with Gasteiger partial charge in [-0.05, 0) is 26.9 Å². The molecular weight excluding hydrogens is 254 g/mol. The first kappa shape index (κ1) is 14.9. The first-order chi connectivity index (χ1) is 8.49. The minimum atomic E-state index is -3.49. The predicted octanol–water partition coefficient (Wildman–Crippen LogP) is 0.101. The Balaban J connectivity index is 2.57. The number of nitrogens with one attached hydrogen (secondary N) is 2. The lowest BCUT2D eigenvalue weighted by molar-refractivity contribution is 0.462. The Kier molecular flexibility index (Phi) is 5.57. The van der Waals surface area contributed by atoms with Gasteiger partial charge in [-0.3, -0.25) is 9.40 Å². The number of anilines is 1. The molecule has 0 amide bonds. The molecule has 0 bridgehead atoms. The summed E-state index contributed by atoms with van der Waals surface area (Å²) in [4.78, 5) is 0. The minimum Gasteiger partial charge on any atom is -0.320 e. The number of aryl methyl sites for hydroxylation is 1. The highest BCUT2D eigenvalue weighted by molar-refractivity contribution is 7.90. The zero-order valence-corrected chi connectivity index (χ0v) is 11.9. The van der Waals surface area contributed by atoms with Gasteiger partial charge in [0.15, 0.2) is 0 Å². The van der Waals surface area contributed by atoms with E-state index in [2.05, 4.69) is 15.1 Å². The van der Waals surface area contributed by atoms with Crippen LogP contribution in [0.25, 0.3) is 0 Å². The second kappa shape index (κ2) is 6.72. The van der Waals surface area contributed by atoms with Crippen LogP contribution in [0.3, 0.4) is 0 Å². The van der Waals surface area contributed by atoms with Crippen LogP contribution >= 0.6 is 0 Å². The molecule has 2 N–H and O–H groups in total. The van der Waals surface area contributed by atoms with Crippen LogP contribution in [0.1, 0.15) is 13.3 Å². The van der Waals surface area contributed by atoms with E-state index in [-0.39, 0.29) is 0 Å². The van der Waals surface area contributed by atoms with Gasteiger partial charge in [-0.25, -0.2) is 0 Å². The first-order valence-corrected chi connectivity index (χ1v) is 7.34. The maximum absolute atomic E-state index is 11.9.